The van der Waals surface area contributed by atoms with Crippen LogP contribution in [0.1, 0.15) is 32.6 Å². The van der Waals surface area contributed by atoms with Gasteiger partial charge in [0.25, 0.3) is 0 Å². The molecule has 6 heteroatoms. The molecule has 1 aliphatic rings. The molecule has 0 aromatic carbocycles. The van der Waals surface area contributed by atoms with Gasteiger partial charge in [0.15, 0.2) is 0 Å². The van der Waals surface area contributed by atoms with Crippen molar-refractivity contribution in [3.8, 4) is 0 Å². The third kappa shape index (κ3) is 2.16. The van der Waals surface area contributed by atoms with Crippen molar-refractivity contribution in [3.63, 3.8) is 0 Å². The van der Waals surface area contributed by atoms with Crippen LogP contribution in [0.15, 0.2) is 0 Å². The van der Waals surface area contributed by atoms with Crippen LogP contribution in [0.3, 0.4) is 0 Å². The maximum absolute atomic E-state index is 5.92. The fraction of sp³-hybridized carbons (Fsp3) is 0.900. The van der Waals surface area contributed by atoms with Crippen molar-refractivity contribution in [2.24, 2.45) is 12.8 Å². The Bertz CT molecular complexity index is 328. The monoisotopic (exact) mass is 224 g/mol. The summed E-state index contributed by atoms with van der Waals surface area (Å²) in [4.78, 5) is 2.28. The van der Waals surface area contributed by atoms with Gasteiger partial charge in [-0.25, -0.2) is 4.68 Å². The van der Waals surface area contributed by atoms with Crippen molar-refractivity contribution in [2.75, 3.05) is 11.4 Å². The van der Waals surface area contributed by atoms with Gasteiger partial charge in [-0.05, 0) is 43.0 Å². The van der Waals surface area contributed by atoms with E-state index >= 15 is 0 Å². The maximum atomic E-state index is 5.92. The molecule has 0 bridgehead atoms. The normalized spacial score (nSPS) is 25.7. The van der Waals surface area contributed by atoms with E-state index in [1.165, 1.54) is 0 Å². The molecule has 1 aliphatic carbocycles. The Morgan fingerprint density at radius 1 is 1.38 bits per heavy atom. The first kappa shape index (κ1) is 11.3. The molecule has 0 atom stereocenters. The Hall–Kier alpha value is -1.17. The molecule has 6 nitrogen and oxygen atoms in total. The van der Waals surface area contributed by atoms with Crippen molar-refractivity contribution in [1.29, 1.82) is 0 Å². The van der Waals surface area contributed by atoms with Crippen molar-refractivity contribution in [1.82, 2.24) is 20.2 Å². The lowest BCUT2D eigenvalue weighted by molar-refractivity contribution is 0.373. The molecule has 2 rings (SSSR count). The molecule has 16 heavy (non-hydrogen) atoms. The Morgan fingerprint density at radius 3 is 2.56 bits per heavy atom. The summed E-state index contributed by atoms with van der Waals surface area (Å²) < 4.78 is 1.73. The summed E-state index contributed by atoms with van der Waals surface area (Å²) in [7, 11) is 1.88. The van der Waals surface area contributed by atoms with Crippen LogP contribution in [0.2, 0.25) is 0 Å². The third-order valence-corrected chi connectivity index (χ3v) is 3.38. The zero-order valence-corrected chi connectivity index (χ0v) is 10.0. The van der Waals surface area contributed by atoms with Crippen LogP contribution in [-0.4, -0.2) is 38.8 Å². The molecule has 0 aliphatic heterocycles. The highest BCUT2D eigenvalue weighted by atomic mass is 15.6. The van der Waals surface area contributed by atoms with Gasteiger partial charge < -0.3 is 10.6 Å². The molecular weight excluding hydrogens is 204 g/mol. The summed E-state index contributed by atoms with van der Waals surface area (Å²) in [5.74, 6) is 0.864. The lowest BCUT2D eigenvalue weighted by Crippen LogP contribution is -2.42. The zero-order chi connectivity index (χ0) is 11.5. The number of rotatable bonds is 3. The Labute approximate surface area is 95.8 Å². The van der Waals surface area contributed by atoms with E-state index in [1.807, 2.05) is 7.05 Å². The van der Waals surface area contributed by atoms with E-state index in [9.17, 15) is 0 Å². The topological polar surface area (TPSA) is 72.9 Å². The fourth-order valence-corrected chi connectivity index (χ4v) is 2.44. The van der Waals surface area contributed by atoms with E-state index in [4.69, 9.17) is 5.73 Å². The zero-order valence-electron chi connectivity index (χ0n) is 10.0. The van der Waals surface area contributed by atoms with E-state index < -0.39 is 0 Å². The van der Waals surface area contributed by atoms with Crippen LogP contribution >= 0.6 is 0 Å². The van der Waals surface area contributed by atoms with E-state index in [0.29, 0.717) is 12.1 Å². The average Bonchev–Trinajstić information content (AvgIpc) is 2.69. The van der Waals surface area contributed by atoms with Gasteiger partial charge in [-0.3, -0.25) is 0 Å². The first-order valence-electron chi connectivity index (χ1n) is 5.97. The Kier molecular flexibility index (Phi) is 3.38. The first-order chi connectivity index (χ1) is 7.72. The minimum atomic E-state index is 0.382. The van der Waals surface area contributed by atoms with Crippen LogP contribution in [0.4, 0.5) is 5.95 Å². The number of aromatic nitrogens is 4. The lowest BCUT2D eigenvalue weighted by Gasteiger charge is -2.35. The molecule has 1 saturated carbocycles. The predicted octanol–water partition coefficient (Wildman–Crippen LogP) is 0.306. The molecule has 0 spiro atoms. The molecule has 0 amide bonds. The molecule has 1 aromatic heterocycles. The van der Waals surface area contributed by atoms with Crippen LogP contribution in [0, 0.1) is 0 Å². The minimum Gasteiger partial charge on any atom is -0.337 e. The van der Waals surface area contributed by atoms with E-state index in [0.717, 1.165) is 38.2 Å². The lowest BCUT2D eigenvalue weighted by atomic mass is 9.91. The van der Waals surface area contributed by atoms with Crippen LogP contribution in [0.25, 0.3) is 0 Å². The second-order valence-corrected chi connectivity index (χ2v) is 4.46. The molecule has 0 radical (unpaired) electrons. The number of nitrogens with zero attached hydrogens (tertiary/aromatic N) is 5. The van der Waals surface area contributed by atoms with Gasteiger partial charge in [0.2, 0.25) is 5.95 Å². The van der Waals surface area contributed by atoms with Crippen molar-refractivity contribution in [3.05, 3.63) is 0 Å². The number of hydrogen-bond acceptors (Lipinski definition) is 5. The van der Waals surface area contributed by atoms with Gasteiger partial charge in [0, 0.05) is 25.7 Å². The summed E-state index contributed by atoms with van der Waals surface area (Å²) in [5, 5.41) is 11.7. The third-order valence-electron chi connectivity index (χ3n) is 3.38. The largest absolute Gasteiger partial charge is 0.337 e. The molecule has 2 N–H and O–H groups in total. The number of tetrazole rings is 1. The SMILES string of the molecule is CCN(c1nnnn1C)C1CCC(N)CC1. The highest BCUT2D eigenvalue weighted by molar-refractivity contribution is 5.29. The van der Waals surface area contributed by atoms with Crippen LogP contribution in [0.5, 0.6) is 0 Å². The predicted molar refractivity (Wildman–Crippen MR) is 62.0 cm³/mol. The second-order valence-electron chi connectivity index (χ2n) is 4.46. The average molecular weight is 224 g/mol. The van der Waals surface area contributed by atoms with E-state index in [1.54, 1.807) is 4.68 Å². The molecule has 90 valence electrons. The van der Waals surface area contributed by atoms with Gasteiger partial charge in [-0.1, -0.05) is 5.10 Å². The Balaban J connectivity index is 2.08. The van der Waals surface area contributed by atoms with Crippen molar-refractivity contribution in [2.45, 2.75) is 44.7 Å². The quantitative estimate of drug-likeness (QED) is 0.799. The smallest absolute Gasteiger partial charge is 0.245 e. The molecule has 1 fully saturated rings. The minimum absolute atomic E-state index is 0.382. The molecule has 1 heterocycles. The van der Waals surface area contributed by atoms with Gasteiger partial charge in [-0.15, -0.1) is 0 Å². The number of aryl methyl sites for hydroxylation is 1. The van der Waals surface area contributed by atoms with Gasteiger partial charge in [0.05, 0.1) is 0 Å². The van der Waals surface area contributed by atoms with Crippen LogP contribution in [-0.2, 0) is 7.05 Å². The summed E-state index contributed by atoms with van der Waals surface area (Å²) in [6.07, 6.45) is 4.49. The van der Waals surface area contributed by atoms with E-state index in [2.05, 4.69) is 27.3 Å². The molecule has 0 unspecified atom stereocenters. The number of hydrogen-bond donors (Lipinski definition) is 1. The van der Waals surface area contributed by atoms with Crippen LogP contribution < -0.4 is 10.6 Å². The summed E-state index contributed by atoms with van der Waals surface area (Å²) in [6.45, 7) is 3.08. The highest BCUT2D eigenvalue weighted by Gasteiger charge is 2.26. The van der Waals surface area contributed by atoms with Crippen molar-refractivity contribution < 1.29 is 0 Å². The van der Waals surface area contributed by atoms with Gasteiger partial charge in [0.1, 0.15) is 0 Å². The molecular formula is C10H20N6. The number of nitrogens with two attached hydrogens (primary N) is 1. The summed E-state index contributed by atoms with van der Waals surface area (Å²) in [6, 6.07) is 0.919. The van der Waals surface area contributed by atoms with Gasteiger partial charge >= 0.3 is 0 Å². The number of anilines is 1. The summed E-state index contributed by atoms with van der Waals surface area (Å²) in [5.41, 5.74) is 5.92. The Morgan fingerprint density at radius 2 is 2.06 bits per heavy atom. The van der Waals surface area contributed by atoms with Crippen molar-refractivity contribution >= 4 is 5.95 Å². The van der Waals surface area contributed by atoms with E-state index in [-0.39, 0.29) is 0 Å². The molecule has 0 saturated heterocycles. The highest BCUT2D eigenvalue weighted by Crippen LogP contribution is 2.24. The molecule has 1 aromatic rings. The first-order valence-corrected chi connectivity index (χ1v) is 5.97. The maximum Gasteiger partial charge on any atom is 0.245 e. The summed E-state index contributed by atoms with van der Waals surface area (Å²) >= 11 is 0. The fourth-order valence-electron chi connectivity index (χ4n) is 2.44. The second kappa shape index (κ2) is 4.78. The standard InChI is InChI=1S/C10H20N6/c1-3-16(10-12-13-14-15(10)2)9-6-4-8(11)5-7-9/h8-9H,3-7,11H2,1-2H3. The van der Waals surface area contributed by atoms with Gasteiger partial charge in [-0.2, -0.15) is 0 Å².